The van der Waals surface area contributed by atoms with E-state index < -0.39 is 4.92 Å². The van der Waals surface area contributed by atoms with Crippen molar-refractivity contribution in [3.63, 3.8) is 0 Å². The molecule has 4 aromatic rings. The van der Waals surface area contributed by atoms with Gasteiger partial charge in [-0.15, -0.1) is 11.3 Å². The number of thiophene rings is 1. The van der Waals surface area contributed by atoms with E-state index in [1.165, 1.54) is 28.0 Å². The van der Waals surface area contributed by atoms with Gasteiger partial charge in [-0.05, 0) is 48.7 Å². The highest BCUT2D eigenvalue weighted by Crippen LogP contribution is 2.21. The third-order valence-electron chi connectivity index (χ3n) is 3.99. The molecule has 1 aromatic carbocycles. The van der Waals surface area contributed by atoms with Crippen molar-refractivity contribution in [3.05, 3.63) is 85.5 Å². The van der Waals surface area contributed by atoms with E-state index in [1.54, 1.807) is 18.2 Å². The van der Waals surface area contributed by atoms with Crippen molar-refractivity contribution in [2.24, 2.45) is 0 Å². The number of fused-ring (bicyclic) bond motifs is 1. The lowest BCUT2D eigenvalue weighted by molar-refractivity contribution is -0.402. The molecule has 0 saturated heterocycles. The summed E-state index contributed by atoms with van der Waals surface area (Å²) in [5.41, 5.74) is 2.22. The molecule has 0 atom stereocenters. The Bertz CT molecular complexity index is 1230. The van der Waals surface area contributed by atoms with Gasteiger partial charge in [0.15, 0.2) is 0 Å². The summed E-state index contributed by atoms with van der Waals surface area (Å²) in [6, 6.07) is 12.1. The minimum atomic E-state index is -0.602. The van der Waals surface area contributed by atoms with Gasteiger partial charge in [0.25, 0.3) is 5.56 Å². The first-order valence-corrected chi connectivity index (χ1v) is 8.90. The Balaban J connectivity index is 1.86. The molecule has 7 nitrogen and oxygen atoms in total. The van der Waals surface area contributed by atoms with Crippen molar-refractivity contribution in [2.45, 2.75) is 6.92 Å². The van der Waals surface area contributed by atoms with Gasteiger partial charge in [0.05, 0.1) is 17.3 Å². The van der Waals surface area contributed by atoms with Gasteiger partial charge in [0.1, 0.15) is 21.2 Å². The second-order valence-electron chi connectivity index (χ2n) is 5.85. The third-order valence-corrected chi connectivity index (χ3v) is 4.88. The Kier molecular flexibility index (Phi) is 4.17. The first-order chi connectivity index (χ1) is 13.0. The van der Waals surface area contributed by atoms with Crippen LogP contribution in [0.5, 0.6) is 0 Å². The van der Waals surface area contributed by atoms with Crippen molar-refractivity contribution in [1.29, 1.82) is 0 Å². The van der Waals surface area contributed by atoms with Gasteiger partial charge in [-0.1, -0.05) is 17.7 Å². The van der Waals surface area contributed by atoms with E-state index in [9.17, 15) is 14.9 Å². The monoisotopic (exact) mass is 379 g/mol. The molecule has 0 spiro atoms. The molecule has 0 aliphatic heterocycles. The van der Waals surface area contributed by atoms with Gasteiger partial charge in [-0.2, -0.15) is 0 Å². The van der Waals surface area contributed by atoms with Crippen LogP contribution < -0.4 is 5.56 Å². The van der Waals surface area contributed by atoms with Crippen LogP contribution in [-0.2, 0) is 0 Å². The van der Waals surface area contributed by atoms with Gasteiger partial charge < -0.3 is 4.42 Å². The topological polar surface area (TPSA) is 91.2 Å². The molecule has 0 amide bonds. The molecule has 3 heterocycles. The fourth-order valence-electron chi connectivity index (χ4n) is 2.67. The molecule has 0 saturated carbocycles. The van der Waals surface area contributed by atoms with Gasteiger partial charge in [0.2, 0.25) is 0 Å². The van der Waals surface area contributed by atoms with E-state index in [2.05, 4.69) is 4.98 Å². The Morgan fingerprint density at radius 2 is 1.93 bits per heavy atom. The van der Waals surface area contributed by atoms with Crippen LogP contribution in [0.15, 0.2) is 57.1 Å². The molecular formula is C19H13N3O4S. The lowest BCUT2D eigenvalue weighted by Crippen LogP contribution is -2.21. The van der Waals surface area contributed by atoms with Gasteiger partial charge in [-0.3, -0.25) is 19.5 Å². The van der Waals surface area contributed by atoms with E-state index in [0.29, 0.717) is 27.5 Å². The molecule has 0 radical (unpaired) electrons. The summed E-state index contributed by atoms with van der Waals surface area (Å²) in [6.45, 7) is 1.97. The highest BCUT2D eigenvalue weighted by molar-refractivity contribution is 7.17. The quantitative estimate of drug-likeness (QED) is 0.386. The first-order valence-electron chi connectivity index (χ1n) is 8.02. The fourth-order valence-corrected chi connectivity index (χ4v) is 3.43. The number of aryl methyl sites for hydroxylation is 1. The van der Waals surface area contributed by atoms with Crippen molar-refractivity contribution in [1.82, 2.24) is 9.55 Å². The predicted molar refractivity (Wildman–Crippen MR) is 104 cm³/mol. The van der Waals surface area contributed by atoms with Gasteiger partial charge in [-0.25, -0.2) is 4.98 Å². The number of nitrogens with zero attached hydrogens (tertiary/aromatic N) is 3. The van der Waals surface area contributed by atoms with Crippen LogP contribution in [0.4, 0.5) is 5.88 Å². The number of hydrogen-bond donors (Lipinski definition) is 0. The molecule has 8 heteroatoms. The Hall–Kier alpha value is -3.52. The van der Waals surface area contributed by atoms with Gasteiger partial charge in [0, 0.05) is 0 Å². The maximum Gasteiger partial charge on any atom is 0.433 e. The molecule has 4 rings (SSSR count). The van der Waals surface area contributed by atoms with E-state index in [4.69, 9.17) is 4.42 Å². The zero-order valence-corrected chi connectivity index (χ0v) is 15.0. The minimum Gasteiger partial charge on any atom is -0.401 e. The van der Waals surface area contributed by atoms with Crippen LogP contribution in [0.1, 0.15) is 17.1 Å². The maximum absolute atomic E-state index is 13.0. The summed E-state index contributed by atoms with van der Waals surface area (Å²) in [5.74, 6) is 0.373. The number of hydrogen-bond acceptors (Lipinski definition) is 6. The maximum atomic E-state index is 13.0. The van der Waals surface area contributed by atoms with Crippen molar-refractivity contribution in [3.8, 4) is 5.69 Å². The SMILES string of the molecule is Cc1ccc(-n2c(/C=C/c3ccc([N+](=O)[O-])o3)nc3ccsc3c2=O)cc1. The Morgan fingerprint density at radius 1 is 1.15 bits per heavy atom. The van der Waals surface area contributed by atoms with Crippen molar-refractivity contribution in [2.75, 3.05) is 0 Å². The number of aromatic nitrogens is 2. The second kappa shape index (κ2) is 6.65. The number of nitro groups is 1. The number of rotatable bonds is 4. The molecule has 0 fully saturated rings. The molecule has 0 aliphatic rings. The summed E-state index contributed by atoms with van der Waals surface area (Å²) in [6.07, 6.45) is 3.17. The standard InChI is InChI=1S/C19H13N3O4S/c1-12-2-4-13(5-3-12)21-16(20-15-10-11-27-18(15)19(21)23)8-6-14-7-9-17(26-14)22(24)25/h2-11H,1H3/b8-6+. The van der Waals surface area contributed by atoms with Crippen LogP contribution in [0.2, 0.25) is 0 Å². The Labute approximate surface area is 157 Å². The second-order valence-corrected chi connectivity index (χ2v) is 6.76. The summed E-state index contributed by atoms with van der Waals surface area (Å²) in [5, 5.41) is 12.6. The smallest absolute Gasteiger partial charge is 0.401 e. The average molecular weight is 379 g/mol. The molecule has 27 heavy (non-hydrogen) atoms. The highest BCUT2D eigenvalue weighted by Gasteiger charge is 2.13. The zero-order chi connectivity index (χ0) is 19.0. The fraction of sp³-hybridized carbons (Fsp3) is 0.0526. The highest BCUT2D eigenvalue weighted by atomic mass is 32.1. The number of benzene rings is 1. The van der Waals surface area contributed by atoms with Crippen LogP contribution in [-0.4, -0.2) is 14.5 Å². The average Bonchev–Trinajstić information content (AvgIpc) is 3.30. The molecule has 0 unspecified atom stereocenters. The summed E-state index contributed by atoms with van der Waals surface area (Å²) in [7, 11) is 0. The molecule has 134 valence electrons. The zero-order valence-electron chi connectivity index (χ0n) is 14.2. The molecule has 3 aromatic heterocycles. The summed E-state index contributed by atoms with van der Waals surface area (Å²) >= 11 is 1.34. The predicted octanol–water partition coefficient (Wildman–Crippen LogP) is 4.43. The largest absolute Gasteiger partial charge is 0.433 e. The lowest BCUT2D eigenvalue weighted by atomic mass is 10.2. The van der Waals surface area contributed by atoms with Crippen molar-refractivity contribution < 1.29 is 9.34 Å². The molecule has 0 aliphatic carbocycles. The molecule has 0 N–H and O–H groups in total. The van der Waals surface area contributed by atoms with E-state index in [0.717, 1.165) is 5.56 Å². The summed E-state index contributed by atoms with van der Waals surface area (Å²) in [4.78, 5) is 27.7. The van der Waals surface area contributed by atoms with Crippen LogP contribution >= 0.6 is 11.3 Å². The normalized spacial score (nSPS) is 11.4. The van der Waals surface area contributed by atoms with Gasteiger partial charge >= 0.3 is 5.88 Å². The first kappa shape index (κ1) is 16.9. The third kappa shape index (κ3) is 3.18. The van der Waals surface area contributed by atoms with Crippen molar-refractivity contribution >= 4 is 39.6 Å². The summed E-state index contributed by atoms with van der Waals surface area (Å²) < 4.78 is 7.22. The Morgan fingerprint density at radius 3 is 2.63 bits per heavy atom. The van der Waals surface area contributed by atoms with Crippen LogP contribution in [0.3, 0.4) is 0 Å². The van der Waals surface area contributed by atoms with E-state index in [-0.39, 0.29) is 11.4 Å². The van der Waals surface area contributed by atoms with Crippen LogP contribution in [0.25, 0.3) is 28.1 Å². The van der Waals surface area contributed by atoms with E-state index in [1.807, 2.05) is 36.6 Å². The van der Waals surface area contributed by atoms with Crippen LogP contribution in [0, 0.1) is 17.0 Å². The van der Waals surface area contributed by atoms with E-state index >= 15 is 0 Å². The lowest BCUT2D eigenvalue weighted by Gasteiger charge is -2.10. The minimum absolute atomic E-state index is 0.163. The number of furan rings is 1. The molecular weight excluding hydrogens is 366 g/mol. The molecule has 0 bridgehead atoms.